The van der Waals surface area contributed by atoms with Crippen LogP contribution >= 0.6 is 0 Å². The topological polar surface area (TPSA) is 118 Å². The molecule has 0 amide bonds. The number of nitro groups is 1. The molecule has 8 nitrogen and oxygen atoms in total. The van der Waals surface area contributed by atoms with Crippen LogP contribution in [0, 0.1) is 21.4 Å². The van der Waals surface area contributed by atoms with Crippen LogP contribution in [0.2, 0.25) is 0 Å². The van der Waals surface area contributed by atoms with E-state index in [1.165, 1.54) is 19.4 Å². The average Bonchev–Trinajstić information content (AvgIpc) is 2.49. The van der Waals surface area contributed by atoms with Gasteiger partial charge in [0.1, 0.15) is 11.6 Å². The smallest absolute Gasteiger partial charge is 0.328 e. The number of hydrogen-bond acceptors (Lipinski definition) is 7. The van der Waals surface area contributed by atoms with E-state index in [1.807, 2.05) is 0 Å². The number of unbranched alkanes of at least 4 members (excludes halogenated alkanes) is 2. The van der Waals surface area contributed by atoms with Gasteiger partial charge in [0.05, 0.1) is 12.0 Å². The van der Waals surface area contributed by atoms with Crippen LogP contribution in [-0.2, 0) is 9.53 Å². The summed E-state index contributed by atoms with van der Waals surface area (Å²) in [5.74, 6) is -0.158. The van der Waals surface area contributed by atoms with Crippen LogP contribution in [0.3, 0.4) is 0 Å². The molecular weight excluding hydrogens is 276 g/mol. The Bertz CT molecular complexity index is 554. The quantitative estimate of drug-likeness (QED) is 0.337. The molecule has 21 heavy (non-hydrogen) atoms. The molecule has 1 rings (SSSR count). The molecule has 1 aromatic rings. The number of esters is 1. The molecule has 0 atom stereocenters. The van der Waals surface area contributed by atoms with Crippen molar-refractivity contribution in [3.05, 3.63) is 27.9 Å². The summed E-state index contributed by atoms with van der Waals surface area (Å²) in [6, 6.07) is 3.08. The number of hydrogen-bond donors (Lipinski definition) is 1. The Morgan fingerprint density at radius 1 is 1.52 bits per heavy atom. The summed E-state index contributed by atoms with van der Waals surface area (Å²) in [7, 11) is 1.34. The van der Waals surface area contributed by atoms with Gasteiger partial charge in [0.25, 0.3) is 0 Å². The summed E-state index contributed by atoms with van der Waals surface area (Å²) in [6.07, 6.45) is 3.92. The molecule has 0 radical (unpaired) electrons. The van der Waals surface area contributed by atoms with Crippen LogP contribution in [-0.4, -0.2) is 29.5 Å². The zero-order valence-corrected chi connectivity index (χ0v) is 11.7. The van der Waals surface area contributed by atoms with Gasteiger partial charge in [-0.15, -0.1) is 0 Å². The van der Waals surface area contributed by atoms with E-state index >= 15 is 0 Å². The Morgan fingerprint density at radius 2 is 2.29 bits per heavy atom. The standard InChI is InChI=1S/C13H16N4O4/c1-21-11(18)5-3-2-4-7-15-13-12(17(19)20)10(9-14)6-8-16-13/h6,8H,2-5,7H2,1H3,(H,15,16). The molecule has 112 valence electrons. The number of ether oxygens (including phenoxy) is 1. The highest BCUT2D eigenvalue weighted by Crippen LogP contribution is 2.25. The lowest BCUT2D eigenvalue weighted by Gasteiger charge is -2.06. The predicted molar refractivity (Wildman–Crippen MR) is 74.6 cm³/mol. The lowest BCUT2D eigenvalue weighted by Crippen LogP contribution is -2.07. The molecule has 0 spiro atoms. The third-order valence-electron chi connectivity index (χ3n) is 2.81. The third-order valence-corrected chi connectivity index (χ3v) is 2.81. The van der Waals surface area contributed by atoms with Crippen LogP contribution in [0.4, 0.5) is 11.5 Å². The van der Waals surface area contributed by atoms with Crippen molar-refractivity contribution in [3.63, 3.8) is 0 Å². The fourth-order valence-corrected chi connectivity index (χ4v) is 1.74. The van der Waals surface area contributed by atoms with Crippen molar-refractivity contribution >= 4 is 17.5 Å². The number of nitrogens with one attached hydrogen (secondary N) is 1. The molecule has 8 heteroatoms. The minimum atomic E-state index is -0.620. The van der Waals surface area contributed by atoms with Crippen molar-refractivity contribution in [2.45, 2.75) is 25.7 Å². The number of carbonyl (C=O) groups excluding carboxylic acids is 1. The predicted octanol–water partition coefficient (Wildman–Crippen LogP) is 2.01. The number of carbonyl (C=O) groups is 1. The highest BCUT2D eigenvalue weighted by Gasteiger charge is 2.20. The fraction of sp³-hybridized carbons (Fsp3) is 0.462. The average molecular weight is 292 g/mol. The molecule has 0 fully saturated rings. The normalized spacial score (nSPS) is 9.71. The summed E-state index contributed by atoms with van der Waals surface area (Å²) < 4.78 is 4.52. The first-order valence-corrected chi connectivity index (χ1v) is 6.44. The molecule has 0 bridgehead atoms. The van der Waals surface area contributed by atoms with Crippen molar-refractivity contribution in [3.8, 4) is 6.07 Å². The molecule has 0 unspecified atom stereocenters. The number of nitriles is 1. The van der Waals surface area contributed by atoms with Crippen LogP contribution in [0.5, 0.6) is 0 Å². The van der Waals surface area contributed by atoms with Gasteiger partial charge in [-0.05, 0) is 18.9 Å². The van der Waals surface area contributed by atoms with E-state index in [4.69, 9.17) is 5.26 Å². The van der Waals surface area contributed by atoms with Gasteiger partial charge in [0.15, 0.2) is 0 Å². The Labute approximate surface area is 121 Å². The molecule has 1 aromatic heterocycles. The van der Waals surface area contributed by atoms with E-state index in [-0.39, 0.29) is 23.0 Å². The van der Waals surface area contributed by atoms with E-state index in [0.29, 0.717) is 19.4 Å². The molecule has 0 saturated heterocycles. The Morgan fingerprint density at radius 3 is 2.90 bits per heavy atom. The van der Waals surface area contributed by atoms with E-state index in [2.05, 4.69) is 15.0 Å². The van der Waals surface area contributed by atoms with Crippen molar-refractivity contribution in [1.29, 1.82) is 5.26 Å². The van der Waals surface area contributed by atoms with Gasteiger partial charge >= 0.3 is 11.7 Å². The minimum absolute atomic E-state index is 0.0248. The van der Waals surface area contributed by atoms with Crippen LogP contribution in [0.25, 0.3) is 0 Å². The molecule has 1 N–H and O–H groups in total. The van der Waals surface area contributed by atoms with E-state index in [1.54, 1.807) is 6.07 Å². The second-order valence-electron chi connectivity index (χ2n) is 4.24. The van der Waals surface area contributed by atoms with E-state index in [0.717, 1.165) is 12.8 Å². The number of pyridine rings is 1. The Hall–Kier alpha value is -2.69. The molecule has 0 aromatic carbocycles. The lowest BCUT2D eigenvalue weighted by molar-refractivity contribution is -0.384. The van der Waals surface area contributed by atoms with Gasteiger partial charge in [0.2, 0.25) is 5.82 Å². The summed E-state index contributed by atoms with van der Waals surface area (Å²) >= 11 is 0. The molecule has 0 aliphatic heterocycles. The zero-order valence-electron chi connectivity index (χ0n) is 11.7. The number of rotatable bonds is 8. The largest absolute Gasteiger partial charge is 0.469 e. The summed E-state index contributed by atoms with van der Waals surface area (Å²) in [6.45, 7) is 0.476. The molecule has 1 heterocycles. The SMILES string of the molecule is COC(=O)CCCCCNc1nccc(C#N)c1[N+](=O)[O-]. The van der Waals surface area contributed by atoms with Crippen molar-refractivity contribution in [1.82, 2.24) is 4.98 Å². The Balaban J connectivity index is 2.48. The first kappa shape index (κ1) is 16.4. The number of nitrogens with zero attached hydrogens (tertiary/aromatic N) is 3. The summed E-state index contributed by atoms with van der Waals surface area (Å²) in [5, 5.41) is 22.7. The van der Waals surface area contributed by atoms with Gasteiger partial charge in [-0.2, -0.15) is 5.26 Å². The van der Waals surface area contributed by atoms with Gasteiger partial charge in [-0.25, -0.2) is 4.98 Å². The highest BCUT2D eigenvalue weighted by atomic mass is 16.6. The summed E-state index contributed by atoms with van der Waals surface area (Å²) in [5.41, 5.74) is -0.335. The molecule has 0 saturated carbocycles. The number of aromatic nitrogens is 1. The highest BCUT2D eigenvalue weighted by molar-refractivity contribution is 5.69. The monoisotopic (exact) mass is 292 g/mol. The van der Waals surface area contributed by atoms with Crippen LogP contribution in [0.1, 0.15) is 31.2 Å². The van der Waals surface area contributed by atoms with Gasteiger partial charge in [-0.1, -0.05) is 6.42 Å². The summed E-state index contributed by atoms with van der Waals surface area (Å²) in [4.78, 5) is 25.1. The maximum Gasteiger partial charge on any atom is 0.328 e. The molecular formula is C13H16N4O4. The van der Waals surface area contributed by atoms with Crippen molar-refractivity contribution in [2.24, 2.45) is 0 Å². The third kappa shape index (κ3) is 5.06. The van der Waals surface area contributed by atoms with Gasteiger partial charge in [0, 0.05) is 19.2 Å². The molecule has 0 aliphatic carbocycles. The second kappa shape index (κ2) is 8.47. The van der Waals surface area contributed by atoms with Gasteiger partial charge < -0.3 is 10.1 Å². The van der Waals surface area contributed by atoms with E-state index < -0.39 is 4.92 Å². The van der Waals surface area contributed by atoms with Gasteiger partial charge in [-0.3, -0.25) is 14.9 Å². The zero-order chi connectivity index (χ0) is 15.7. The fourth-order valence-electron chi connectivity index (χ4n) is 1.74. The minimum Gasteiger partial charge on any atom is -0.469 e. The first-order valence-electron chi connectivity index (χ1n) is 6.44. The number of methoxy groups -OCH3 is 1. The Kier molecular flexibility index (Phi) is 6.60. The van der Waals surface area contributed by atoms with E-state index in [9.17, 15) is 14.9 Å². The van der Waals surface area contributed by atoms with Crippen molar-refractivity contribution < 1.29 is 14.5 Å². The second-order valence-corrected chi connectivity index (χ2v) is 4.24. The maximum atomic E-state index is 11.0. The first-order chi connectivity index (χ1) is 10.1. The van der Waals surface area contributed by atoms with Crippen LogP contribution in [0.15, 0.2) is 12.3 Å². The van der Waals surface area contributed by atoms with Crippen LogP contribution < -0.4 is 5.32 Å². The number of anilines is 1. The van der Waals surface area contributed by atoms with Crippen molar-refractivity contribution in [2.75, 3.05) is 19.0 Å². The maximum absolute atomic E-state index is 11.0. The lowest BCUT2D eigenvalue weighted by atomic mass is 10.2. The molecule has 0 aliphatic rings.